The molecule has 1 atom stereocenters. The van der Waals surface area contributed by atoms with Crippen molar-refractivity contribution in [2.24, 2.45) is 0 Å². The molecule has 15 heavy (non-hydrogen) atoms. The molecule has 1 aliphatic heterocycles. The monoisotopic (exact) mass is 217 g/mol. The zero-order valence-electron chi connectivity index (χ0n) is 9.03. The van der Waals surface area contributed by atoms with Gasteiger partial charge in [0.25, 0.3) is 0 Å². The van der Waals surface area contributed by atoms with Crippen LogP contribution < -0.4 is 5.32 Å². The third-order valence-electron chi connectivity index (χ3n) is 1.52. The molecule has 1 heterocycles. The third-order valence-corrected chi connectivity index (χ3v) is 1.52. The number of carbonyl (C=O) groups excluding carboxylic acids is 2. The molecule has 0 aromatic heterocycles. The summed E-state index contributed by atoms with van der Waals surface area (Å²) in [6, 6.07) is 0. The molecular formula is C9H15NO5. The van der Waals surface area contributed by atoms with E-state index in [1.165, 1.54) is 0 Å². The molecule has 0 unspecified atom stereocenters. The van der Waals surface area contributed by atoms with Crippen LogP contribution in [0.15, 0.2) is 0 Å². The second kappa shape index (κ2) is 4.37. The van der Waals surface area contributed by atoms with E-state index in [0.29, 0.717) is 0 Å². The molecule has 1 saturated heterocycles. The van der Waals surface area contributed by atoms with Gasteiger partial charge in [-0.1, -0.05) is 0 Å². The highest BCUT2D eigenvalue weighted by Gasteiger charge is 2.26. The Bertz CT molecular complexity index is 258. The first-order chi connectivity index (χ1) is 6.87. The fourth-order valence-corrected chi connectivity index (χ4v) is 0.977. The van der Waals surface area contributed by atoms with Crippen LogP contribution in [0.2, 0.25) is 0 Å². The molecule has 1 aliphatic rings. The van der Waals surface area contributed by atoms with Crippen LogP contribution in [0.5, 0.6) is 0 Å². The van der Waals surface area contributed by atoms with Crippen molar-refractivity contribution in [1.29, 1.82) is 0 Å². The van der Waals surface area contributed by atoms with Gasteiger partial charge in [-0.25, -0.2) is 9.59 Å². The number of rotatable bonds is 2. The van der Waals surface area contributed by atoms with Crippen LogP contribution in [0.25, 0.3) is 0 Å². The van der Waals surface area contributed by atoms with Crippen LogP contribution in [0.3, 0.4) is 0 Å². The summed E-state index contributed by atoms with van der Waals surface area (Å²) in [4.78, 5) is 21.7. The maximum Gasteiger partial charge on any atom is 0.508 e. The number of carbonyl (C=O) groups is 2. The van der Waals surface area contributed by atoms with E-state index < -0.39 is 24.0 Å². The lowest BCUT2D eigenvalue weighted by atomic mass is 10.2. The second-order valence-corrected chi connectivity index (χ2v) is 4.18. The molecule has 0 saturated carbocycles. The van der Waals surface area contributed by atoms with Gasteiger partial charge in [0, 0.05) is 0 Å². The normalized spacial score (nSPS) is 20.5. The maximum absolute atomic E-state index is 11.2. The molecule has 0 aromatic rings. The number of nitrogens with one attached hydrogen (secondary N) is 1. The predicted molar refractivity (Wildman–Crippen MR) is 50.5 cm³/mol. The molecule has 1 N–H and O–H groups in total. The van der Waals surface area contributed by atoms with Gasteiger partial charge in [-0.15, -0.1) is 0 Å². The molecule has 0 radical (unpaired) electrons. The highest BCUT2D eigenvalue weighted by Crippen LogP contribution is 2.07. The molecule has 86 valence electrons. The van der Waals surface area contributed by atoms with Crippen LogP contribution in [0.4, 0.5) is 9.59 Å². The van der Waals surface area contributed by atoms with Gasteiger partial charge in [0.2, 0.25) is 0 Å². The molecule has 6 heteroatoms. The van der Waals surface area contributed by atoms with E-state index in [1.807, 2.05) is 0 Å². The quantitative estimate of drug-likeness (QED) is 0.700. The van der Waals surface area contributed by atoms with Crippen molar-refractivity contribution in [3.63, 3.8) is 0 Å². The Labute approximate surface area is 87.9 Å². The highest BCUT2D eigenvalue weighted by atomic mass is 16.8. The topological polar surface area (TPSA) is 73.9 Å². The SMILES string of the molecule is CC(C)(C)OC(=O)NC[C@@H]1COC(=O)O1. The number of ether oxygens (including phenoxy) is 3. The molecular weight excluding hydrogens is 202 g/mol. The van der Waals surface area contributed by atoms with Crippen LogP contribution in [-0.2, 0) is 14.2 Å². The lowest BCUT2D eigenvalue weighted by molar-refractivity contribution is 0.0496. The number of cyclic esters (lactones) is 2. The minimum atomic E-state index is -0.703. The van der Waals surface area contributed by atoms with Crippen molar-refractivity contribution in [1.82, 2.24) is 5.32 Å². The summed E-state index contributed by atoms with van der Waals surface area (Å²) in [5, 5.41) is 2.48. The van der Waals surface area contributed by atoms with Gasteiger partial charge in [-0.05, 0) is 20.8 Å². The first-order valence-corrected chi connectivity index (χ1v) is 4.67. The van der Waals surface area contributed by atoms with Crippen molar-refractivity contribution < 1.29 is 23.8 Å². The van der Waals surface area contributed by atoms with Crippen LogP contribution >= 0.6 is 0 Å². The number of alkyl carbamates (subject to hydrolysis) is 1. The third kappa shape index (κ3) is 4.53. The zero-order valence-corrected chi connectivity index (χ0v) is 9.03. The first kappa shape index (κ1) is 11.6. The average molecular weight is 217 g/mol. The fraction of sp³-hybridized carbons (Fsp3) is 0.778. The van der Waals surface area contributed by atoms with Crippen LogP contribution in [0.1, 0.15) is 20.8 Å². The van der Waals surface area contributed by atoms with Crippen molar-refractivity contribution in [2.45, 2.75) is 32.5 Å². The Morgan fingerprint density at radius 1 is 1.60 bits per heavy atom. The second-order valence-electron chi connectivity index (χ2n) is 4.18. The van der Waals surface area contributed by atoms with Gasteiger partial charge >= 0.3 is 12.2 Å². The Hall–Kier alpha value is -1.46. The Morgan fingerprint density at radius 2 is 2.27 bits per heavy atom. The van der Waals surface area contributed by atoms with Crippen LogP contribution in [0, 0.1) is 0 Å². The maximum atomic E-state index is 11.2. The van der Waals surface area contributed by atoms with E-state index in [0.717, 1.165) is 0 Å². The van der Waals surface area contributed by atoms with Crippen LogP contribution in [-0.4, -0.2) is 37.1 Å². The van der Waals surface area contributed by atoms with Gasteiger partial charge in [-0.3, -0.25) is 0 Å². The number of amides is 1. The van der Waals surface area contributed by atoms with E-state index in [-0.39, 0.29) is 13.2 Å². The molecule has 1 fully saturated rings. The summed E-state index contributed by atoms with van der Waals surface area (Å²) in [6.07, 6.45) is -1.67. The van der Waals surface area contributed by atoms with Gasteiger partial charge in [0.05, 0.1) is 6.54 Å². The Morgan fingerprint density at radius 3 is 2.73 bits per heavy atom. The highest BCUT2D eigenvalue weighted by molar-refractivity contribution is 5.68. The molecule has 1 rings (SSSR count). The van der Waals surface area contributed by atoms with E-state index in [4.69, 9.17) is 9.47 Å². The number of hydrogen-bond acceptors (Lipinski definition) is 5. The molecule has 6 nitrogen and oxygen atoms in total. The van der Waals surface area contributed by atoms with E-state index in [2.05, 4.69) is 10.1 Å². The Balaban J connectivity index is 2.20. The lowest BCUT2D eigenvalue weighted by Crippen LogP contribution is -2.37. The molecule has 1 amide bonds. The summed E-state index contributed by atoms with van der Waals surface area (Å²) in [5.74, 6) is 0. The molecule has 0 aromatic carbocycles. The largest absolute Gasteiger partial charge is 0.508 e. The minimum Gasteiger partial charge on any atom is -0.444 e. The summed E-state index contributed by atoms with van der Waals surface area (Å²) in [5.41, 5.74) is -0.535. The van der Waals surface area contributed by atoms with Crippen molar-refractivity contribution in [2.75, 3.05) is 13.2 Å². The standard InChI is InChI=1S/C9H15NO5/c1-9(2,3)15-7(11)10-4-6-5-13-8(12)14-6/h6H,4-5H2,1-3H3,(H,10,11)/t6-/m1/s1. The van der Waals surface area contributed by atoms with Gasteiger partial charge in [-0.2, -0.15) is 0 Å². The van der Waals surface area contributed by atoms with Gasteiger partial charge in [0.1, 0.15) is 12.2 Å². The summed E-state index contributed by atoms with van der Waals surface area (Å²) in [7, 11) is 0. The predicted octanol–water partition coefficient (Wildman–Crippen LogP) is 1.05. The van der Waals surface area contributed by atoms with Crippen molar-refractivity contribution >= 4 is 12.2 Å². The average Bonchev–Trinajstić information content (AvgIpc) is 2.45. The van der Waals surface area contributed by atoms with Gasteiger partial charge < -0.3 is 19.5 Å². The lowest BCUT2D eigenvalue weighted by Gasteiger charge is -2.20. The van der Waals surface area contributed by atoms with E-state index >= 15 is 0 Å². The molecule has 0 bridgehead atoms. The van der Waals surface area contributed by atoms with Crippen molar-refractivity contribution in [3.05, 3.63) is 0 Å². The summed E-state index contributed by atoms with van der Waals surface area (Å²) in [6.45, 7) is 5.66. The molecule has 0 aliphatic carbocycles. The smallest absolute Gasteiger partial charge is 0.444 e. The minimum absolute atomic E-state index is 0.161. The Kier molecular flexibility index (Phi) is 3.39. The van der Waals surface area contributed by atoms with E-state index in [1.54, 1.807) is 20.8 Å². The van der Waals surface area contributed by atoms with Gasteiger partial charge in [0.15, 0.2) is 6.10 Å². The zero-order chi connectivity index (χ0) is 11.5. The van der Waals surface area contributed by atoms with Crippen molar-refractivity contribution in [3.8, 4) is 0 Å². The fourth-order valence-electron chi connectivity index (χ4n) is 0.977. The molecule has 0 spiro atoms. The van der Waals surface area contributed by atoms with E-state index in [9.17, 15) is 9.59 Å². The first-order valence-electron chi connectivity index (χ1n) is 4.67. The number of hydrogen-bond donors (Lipinski definition) is 1. The summed E-state index contributed by atoms with van der Waals surface area (Å²) < 4.78 is 14.2. The summed E-state index contributed by atoms with van der Waals surface area (Å²) >= 11 is 0.